The summed E-state index contributed by atoms with van der Waals surface area (Å²) in [5.41, 5.74) is 1.36. The summed E-state index contributed by atoms with van der Waals surface area (Å²) in [4.78, 5) is 0.908. The highest BCUT2D eigenvalue weighted by molar-refractivity contribution is 7.80. The molecule has 0 saturated heterocycles. The summed E-state index contributed by atoms with van der Waals surface area (Å²) in [6.07, 6.45) is 1.54. The van der Waals surface area contributed by atoms with Gasteiger partial charge in [-0.1, -0.05) is 12.1 Å². The van der Waals surface area contributed by atoms with Gasteiger partial charge in [0.05, 0.1) is 11.7 Å². The first-order valence-corrected chi connectivity index (χ1v) is 7.90. The average molecular weight is 306 g/mol. The van der Waals surface area contributed by atoms with Crippen molar-refractivity contribution < 1.29 is 14.6 Å². The SMILES string of the molecule is CC(OC1=C(c2ccc(S)cc2)C(C)(C)OC1O)C1CC1. The molecule has 1 fully saturated rings. The Bertz CT molecular complexity index is 558. The van der Waals surface area contributed by atoms with Crippen LogP contribution in [-0.2, 0) is 9.47 Å². The molecule has 3 rings (SSSR count). The lowest BCUT2D eigenvalue weighted by Crippen LogP contribution is -2.24. The molecule has 114 valence electrons. The van der Waals surface area contributed by atoms with Gasteiger partial charge in [-0.05, 0) is 57.2 Å². The van der Waals surface area contributed by atoms with E-state index in [-0.39, 0.29) is 6.10 Å². The molecule has 2 aliphatic rings. The monoisotopic (exact) mass is 306 g/mol. The van der Waals surface area contributed by atoms with E-state index in [1.165, 1.54) is 12.8 Å². The van der Waals surface area contributed by atoms with Gasteiger partial charge in [0.1, 0.15) is 0 Å². The number of aliphatic hydroxyl groups excluding tert-OH is 1. The first-order chi connectivity index (χ1) is 9.88. The first-order valence-electron chi connectivity index (χ1n) is 7.45. The lowest BCUT2D eigenvalue weighted by molar-refractivity contribution is -0.133. The summed E-state index contributed by atoms with van der Waals surface area (Å²) < 4.78 is 11.8. The number of benzene rings is 1. The molecule has 21 heavy (non-hydrogen) atoms. The molecule has 1 saturated carbocycles. The van der Waals surface area contributed by atoms with Crippen molar-refractivity contribution in [3.8, 4) is 0 Å². The van der Waals surface area contributed by atoms with E-state index in [4.69, 9.17) is 9.47 Å². The zero-order valence-corrected chi connectivity index (χ0v) is 13.6. The van der Waals surface area contributed by atoms with Gasteiger partial charge in [-0.3, -0.25) is 0 Å². The summed E-state index contributed by atoms with van der Waals surface area (Å²) >= 11 is 4.32. The zero-order valence-electron chi connectivity index (χ0n) is 12.7. The van der Waals surface area contributed by atoms with Crippen LogP contribution in [0.3, 0.4) is 0 Å². The second-order valence-electron chi connectivity index (χ2n) is 6.43. The van der Waals surface area contributed by atoms with Crippen LogP contribution in [0.4, 0.5) is 0 Å². The molecule has 1 heterocycles. The van der Waals surface area contributed by atoms with Crippen LogP contribution in [0.1, 0.15) is 39.2 Å². The van der Waals surface area contributed by atoms with Gasteiger partial charge in [0.15, 0.2) is 5.76 Å². The molecule has 1 aliphatic carbocycles. The topological polar surface area (TPSA) is 38.7 Å². The van der Waals surface area contributed by atoms with Gasteiger partial charge in [0, 0.05) is 10.5 Å². The molecule has 1 aliphatic heterocycles. The molecule has 3 nitrogen and oxygen atoms in total. The fourth-order valence-corrected chi connectivity index (χ4v) is 3.06. The van der Waals surface area contributed by atoms with E-state index in [0.29, 0.717) is 11.7 Å². The predicted octanol–water partition coefficient (Wildman–Crippen LogP) is 3.63. The van der Waals surface area contributed by atoms with Crippen LogP contribution in [0.5, 0.6) is 0 Å². The molecule has 0 aromatic heterocycles. The molecule has 1 aromatic carbocycles. The van der Waals surface area contributed by atoms with Crippen LogP contribution in [0.25, 0.3) is 5.57 Å². The third-order valence-electron chi connectivity index (χ3n) is 4.23. The summed E-state index contributed by atoms with van der Waals surface area (Å²) in [6, 6.07) is 7.86. The number of hydrogen-bond acceptors (Lipinski definition) is 4. The van der Waals surface area contributed by atoms with E-state index in [1.807, 2.05) is 38.1 Å². The fourth-order valence-electron chi connectivity index (χ4n) is 2.91. The van der Waals surface area contributed by atoms with Gasteiger partial charge in [0.2, 0.25) is 6.29 Å². The molecular weight excluding hydrogens is 284 g/mol. The average Bonchev–Trinajstić information content (AvgIpc) is 3.20. The lowest BCUT2D eigenvalue weighted by atomic mass is 9.91. The van der Waals surface area contributed by atoms with Gasteiger partial charge >= 0.3 is 0 Å². The van der Waals surface area contributed by atoms with Gasteiger partial charge in [0.25, 0.3) is 0 Å². The van der Waals surface area contributed by atoms with E-state index in [9.17, 15) is 5.11 Å². The van der Waals surface area contributed by atoms with Crippen molar-refractivity contribution in [2.75, 3.05) is 0 Å². The van der Waals surface area contributed by atoms with Crippen LogP contribution in [0, 0.1) is 5.92 Å². The molecule has 2 atom stereocenters. The Morgan fingerprint density at radius 3 is 2.48 bits per heavy atom. The predicted molar refractivity (Wildman–Crippen MR) is 85.1 cm³/mol. The highest BCUT2D eigenvalue weighted by Crippen LogP contribution is 2.44. The summed E-state index contributed by atoms with van der Waals surface area (Å²) in [6.45, 7) is 5.98. The molecule has 0 spiro atoms. The van der Waals surface area contributed by atoms with E-state index >= 15 is 0 Å². The first kappa shape index (κ1) is 14.9. The third-order valence-corrected chi connectivity index (χ3v) is 4.53. The van der Waals surface area contributed by atoms with Crippen molar-refractivity contribution in [3.63, 3.8) is 0 Å². The maximum atomic E-state index is 10.2. The highest BCUT2D eigenvalue weighted by Gasteiger charge is 2.43. The van der Waals surface area contributed by atoms with Gasteiger partial charge in [-0.15, -0.1) is 12.6 Å². The summed E-state index contributed by atoms with van der Waals surface area (Å²) in [5, 5.41) is 10.2. The van der Waals surface area contributed by atoms with E-state index in [0.717, 1.165) is 16.0 Å². The minimum absolute atomic E-state index is 0.117. The summed E-state index contributed by atoms with van der Waals surface area (Å²) in [7, 11) is 0. The molecule has 2 unspecified atom stereocenters. The number of rotatable bonds is 4. The maximum absolute atomic E-state index is 10.2. The molecule has 0 bridgehead atoms. The summed E-state index contributed by atoms with van der Waals surface area (Å²) in [5.74, 6) is 1.17. The van der Waals surface area contributed by atoms with Crippen molar-refractivity contribution in [2.45, 2.75) is 56.5 Å². The van der Waals surface area contributed by atoms with Crippen LogP contribution >= 0.6 is 12.6 Å². The molecule has 0 amide bonds. The Morgan fingerprint density at radius 2 is 1.90 bits per heavy atom. The third kappa shape index (κ3) is 2.98. The number of ether oxygens (including phenoxy) is 2. The van der Waals surface area contributed by atoms with E-state index in [1.54, 1.807) is 0 Å². The number of hydrogen-bond donors (Lipinski definition) is 2. The molecule has 0 radical (unpaired) electrons. The van der Waals surface area contributed by atoms with Crippen molar-refractivity contribution >= 4 is 18.2 Å². The van der Waals surface area contributed by atoms with Crippen LogP contribution in [0.15, 0.2) is 34.9 Å². The molecular formula is C17H22O3S. The van der Waals surface area contributed by atoms with Gasteiger partial charge in [-0.25, -0.2) is 0 Å². The molecule has 1 aromatic rings. The van der Waals surface area contributed by atoms with Crippen molar-refractivity contribution in [2.24, 2.45) is 5.92 Å². The number of aliphatic hydroxyl groups is 1. The largest absolute Gasteiger partial charge is 0.489 e. The highest BCUT2D eigenvalue weighted by atomic mass is 32.1. The van der Waals surface area contributed by atoms with Crippen molar-refractivity contribution in [1.29, 1.82) is 0 Å². The standard InChI is InChI=1S/C17H22O3S/c1-10(11-4-5-11)19-15-14(17(2,3)20-16(15)18)12-6-8-13(21)9-7-12/h6-11,16,18,21H,4-5H2,1-3H3. The van der Waals surface area contributed by atoms with E-state index < -0.39 is 11.9 Å². The minimum atomic E-state index is -0.994. The Morgan fingerprint density at radius 1 is 1.29 bits per heavy atom. The Kier molecular flexibility index (Phi) is 3.80. The Balaban J connectivity index is 1.98. The lowest BCUT2D eigenvalue weighted by Gasteiger charge is -2.22. The van der Waals surface area contributed by atoms with Gasteiger partial charge in [-0.2, -0.15) is 0 Å². The molecule has 1 N–H and O–H groups in total. The van der Waals surface area contributed by atoms with Crippen molar-refractivity contribution in [1.82, 2.24) is 0 Å². The Labute approximate surface area is 131 Å². The van der Waals surface area contributed by atoms with Crippen molar-refractivity contribution in [3.05, 3.63) is 35.6 Å². The maximum Gasteiger partial charge on any atom is 0.215 e. The zero-order chi connectivity index (χ0) is 15.2. The van der Waals surface area contributed by atoms with Crippen LogP contribution in [0.2, 0.25) is 0 Å². The smallest absolute Gasteiger partial charge is 0.215 e. The minimum Gasteiger partial charge on any atom is -0.489 e. The van der Waals surface area contributed by atoms with Gasteiger partial charge < -0.3 is 14.6 Å². The molecule has 4 heteroatoms. The second-order valence-corrected chi connectivity index (χ2v) is 6.94. The second kappa shape index (κ2) is 5.34. The normalized spacial score (nSPS) is 26.0. The van der Waals surface area contributed by atoms with Crippen LogP contribution in [-0.4, -0.2) is 23.1 Å². The fraction of sp³-hybridized carbons (Fsp3) is 0.529. The quantitative estimate of drug-likeness (QED) is 0.834. The Hall–Kier alpha value is -0.970. The number of thiol groups is 1. The van der Waals surface area contributed by atoms with Crippen LogP contribution < -0.4 is 0 Å². The van der Waals surface area contributed by atoms with E-state index in [2.05, 4.69) is 19.6 Å².